The van der Waals surface area contributed by atoms with Gasteiger partial charge < -0.3 is 15.9 Å². The number of benzene rings is 1. The summed E-state index contributed by atoms with van der Waals surface area (Å²) in [6, 6.07) is 2.91. The van der Waals surface area contributed by atoms with Gasteiger partial charge in [-0.2, -0.15) is 0 Å². The maximum absolute atomic E-state index is 13.1. The van der Waals surface area contributed by atoms with Gasteiger partial charge >= 0.3 is 0 Å². The summed E-state index contributed by atoms with van der Waals surface area (Å²) in [5.74, 6) is -0.654. The van der Waals surface area contributed by atoms with Crippen LogP contribution in [0.5, 0.6) is 5.75 Å². The fraction of sp³-hybridized carbons (Fsp3) is 0.333. The highest BCUT2D eigenvalue weighted by atomic mass is 19.1. The molecule has 0 radical (unpaired) electrons. The van der Waals surface area contributed by atoms with Crippen LogP contribution in [-0.2, 0) is 0 Å². The third-order valence-corrected chi connectivity index (χ3v) is 1.80. The third-order valence-electron chi connectivity index (χ3n) is 1.80. The van der Waals surface area contributed by atoms with Crippen molar-refractivity contribution in [1.29, 1.82) is 0 Å². The number of halogens is 1. The average molecular weight is 185 g/mol. The highest BCUT2D eigenvalue weighted by molar-refractivity contribution is 5.30. The minimum Gasteiger partial charge on any atom is -0.508 e. The van der Waals surface area contributed by atoms with Crippen LogP contribution in [0.15, 0.2) is 18.2 Å². The van der Waals surface area contributed by atoms with Gasteiger partial charge in [0, 0.05) is 11.6 Å². The zero-order valence-corrected chi connectivity index (χ0v) is 7.24. The predicted molar refractivity (Wildman–Crippen MR) is 46.7 cm³/mol. The van der Waals surface area contributed by atoms with Crippen molar-refractivity contribution in [2.45, 2.75) is 19.1 Å². The number of aliphatic hydroxyl groups is 1. The van der Waals surface area contributed by atoms with Crippen molar-refractivity contribution in [3.8, 4) is 5.75 Å². The Hall–Kier alpha value is -1.13. The molecule has 1 rings (SSSR count). The third kappa shape index (κ3) is 2.17. The van der Waals surface area contributed by atoms with Crippen molar-refractivity contribution in [1.82, 2.24) is 0 Å². The van der Waals surface area contributed by atoms with Gasteiger partial charge in [0.15, 0.2) is 0 Å². The molecule has 72 valence electrons. The van der Waals surface area contributed by atoms with Crippen molar-refractivity contribution >= 4 is 0 Å². The summed E-state index contributed by atoms with van der Waals surface area (Å²) in [4.78, 5) is 0. The van der Waals surface area contributed by atoms with E-state index in [1.54, 1.807) is 6.92 Å². The van der Waals surface area contributed by atoms with Gasteiger partial charge in [-0.3, -0.25) is 0 Å². The molecule has 0 aromatic heterocycles. The van der Waals surface area contributed by atoms with Gasteiger partial charge in [0.25, 0.3) is 0 Å². The van der Waals surface area contributed by atoms with Crippen LogP contribution >= 0.6 is 0 Å². The van der Waals surface area contributed by atoms with Crippen LogP contribution in [0.4, 0.5) is 4.39 Å². The van der Waals surface area contributed by atoms with Crippen LogP contribution in [0.1, 0.15) is 18.6 Å². The quantitative estimate of drug-likeness (QED) is 0.641. The standard InChI is InChI=1S/C9H12FNO2/c1-5(11)9(13)7-4-6(12)2-3-8(7)10/h2-5,9,12-13H,11H2,1H3. The van der Waals surface area contributed by atoms with E-state index in [2.05, 4.69) is 0 Å². The van der Waals surface area contributed by atoms with Crippen LogP contribution in [-0.4, -0.2) is 16.3 Å². The molecule has 1 aromatic carbocycles. The number of phenolic OH excluding ortho intramolecular Hbond substituents is 1. The molecule has 4 N–H and O–H groups in total. The summed E-state index contributed by atoms with van der Waals surface area (Å²) in [6.07, 6.45) is -1.09. The lowest BCUT2D eigenvalue weighted by Gasteiger charge is -2.15. The summed E-state index contributed by atoms with van der Waals surface area (Å²) in [6.45, 7) is 1.56. The molecule has 1 aromatic rings. The first-order chi connectivity index (χ1) is 6.02. The molecule has 0 aliphatic rings. The molecule has 0 amide bonds. The average Bonchev–Trinajstić information content (AvgIpc) is 2.08. The monoisotopic (exact) mass is 185 g/mol. The normalized spacial score (nSPS) is 15.4. The first kappa shape index (κ1) is 9.95. The minimum absolute atomic E-state index is 0.0231. The Labute approximate surface area is 75.6 Å². The zero-order chi connectivity index (χ0) is 10.0. The number of phenols is 1. The van der Waals surface area contributed by atoms with Gasteiger partial charge in [0.05, 0.1) is 6.10 Å². The molecule has 0 saturated heterocycles. The van der Waals surface area contributed by atoms with E-state index in [0.717, 1.165) is 6.07 Å². The van der Waals surface area contributed by atoms with Crippen LogP contribution in [0.25, 0.3) is 0 Å². The SMILES string of the molecule is CC(N)C(O)c1cc(O)ccc1F. The maximum atomic E-state index is 13.1. The lowest BCUT2D eigenvalue weighted by Crippen LogP contribution is -2.25. The number of hydrogen-bond acceptors (Lipinski definition) is 3. The molecule has 0 heterocycles. The number of aromatic hydroxyl groups is 1. The first-order valence-corrected chi connectivity index (χ1v) is 3.94. The van der Waals surface area contributed by atoms with Gasteiger partial charge in [-0.05, 0) is 25.1 Å². The fourth-order valence-corrected chi connectivity index (χ4v) is 1.04. The van der Waals surface area contributed by atoms with Gasteiger partial charge in [-0.25, -0.2) is 4.39 Å². The van der Waals surface area contributed by atoms with E-state index >= 15 is 0 Å². The van der Waals surface area contributed by atoms with Crippen molar-refractivity contribution in [2.24, 2.45) is 5.73 Å². The van der Waals surface area contributed by atoms with E-state index in [1.807, 2.05) is 0 Å². The Kier molecular flexibility index (Phi) is 2.85. The molecular formula is C9H12FNO2. The first-order valence-electron chi connectivity index (χ1n) is 3.94. The van der Waals surface area contributed by atoms with E-state index in [9.17, 15) is 9.50 Å². The van der Waals surface area contributed by atoms with Crippen LogP contribution in [0.3, 0.4) is 0 Å². The summed E-state index contributed by atoms with van der Waals surface area (Å²) in [7, 11) is 0. The molecule has 0 spiro atoms. The molecular weight excluding hydrogens is 173 g/mol. The Morgan fingerprint density at radius 3 is 2.62 bits per heavy atom. The molecule has 13 heavy (non-hydrogen) atoms. The van der Waals surface area contributed by atoms with Gasteiger partial charge in [0.1, 0.15) is 11.6 Å². The summed E-state index contributed by atoms with van der Waals surface area (Å²) >= 11 is 0. The van der Waals surface area contributed by atoms with Gasteiger partial charge in [-0.1, -0.05) is 0 Å². The fourth-order valence-electron chi connectivity index (χ4n) is 1.04. The molecule has 0 saturated carbocycles. The van der Waals surface area contributed by atoms with Crippen molar-refractivity contribution in [3.63, 3.8) is 0 Å². The number of hydrogen-bond donors (Lipinski definition) is 3. The van der Waals surface area contributed by atoms with E-state index in [-0.39, 0.29) is 11.3 Å². The largest absolute Gasteiger partial charge is 0.508 e. The molecule has 0 bridgehead atoms. The van der Waals surface area contributed by atoms with Crippen LogP contribution in [0, 0.1) is 5.82 Å². The van der Waals surface area contributed by atoms with Crippen molar-refractivity contribution in [3.05, 3.63) is 29.6 Å². The van der Waals surface area contributed by atoms with E-state index in [1.165, 1.54) is 12.1 Å². The van der Waals surface area contributed by atoms with Crippen LogP contribution < -0.4 is 5.73 Å². The molecule has 2 atom stereocenters. The maximum Gasteiger partial charge on any atom is 0.129 e. The summed E-state index contributed by atoms with van der Waals surface area (Å²) < 4.78 is 13.1. The Morgan fingerprint density at radius 1 is 1.46 bits per heavy atom. The number of aliphatic hydroxyl groups excluding tert-OH is 1. The minimum atomic E-state index is -1.09. The van der Waals surface area contributed by atoms with E-state index in [4.69, 9.17) is 10.8 Å². The van der Waals surface area contributed by atoms with Crippen molar-refractivity contribution < 1.29 is 14.6 Å². The molecule has 0 aliphatic carbocycles. The molecule has 4 heteroatoms. The predicted octanol–water partition coefficient (Wildman–Crippen LogP) is 0.912. The Morgan fingerprint density at radius 2 is 2.08 bits per heavy atom. The molecule has 0 fully saturated rings. The lowest BCUT2D eigenvalue weighted by atomic mass is 10.0. The Balaban J connectivity index is 3.05. The van der Waals surface area contributed by atoms with Crippen molar-refractivity contribution in [2.75, 3.05) is 0 Å². The van der Waals surface area contributed by atoms with E-state index in [0.29, 0.717) is 0 Å². The summed E-state index contributed by atoms with van der Waals surface area (Å²) in [5, 5.41) is 18.5. The van der Waals surface area contributed by atoms with Crippen LogP contribution in [0.2, 0.25) is 0 Å². The zero-order valence-electron chi connectivity index (χ0n) is 7.24. The van der Waals surface area contributed by atoms with Gasteiger partial charge in [-0.15, -0.1) is 0 Å². The second-order valence-electron chi connectivity index (χ2n) is 3.01. The summed E-state index contributed by atoms with van der Waals surface area (Å²) in [5.41, 5.74) is 5.41. The number of rotatable bonds is 2. The highest BCUT2D eigenvalue weighted by Crippen LogP contribution is 2.23. The van der Waals surface area contributed by atoms with E-state index < -0.39 is 18.0 Å². The molecule has 2 unspecified atom stereocenters. The smallest absolute Gasteiger partial charge is 0.129 e. The highest BCUT2D eigenvalue weighted by Gasteiger charge is 2.16. The molecule has 3 nitrogen and oxygen atoms in total. The second-order valence-corrected chi connectivity index (χ2v) is 3.01. The van der Waals surface area contributed by atoms with Gasteiger partial charge in [0.2, 0.25) is 0 Å². The lowest BCUT2D eigenvalue weighted by molar-refractivity contribution is 0.148. The topological polar surface area (TPSA) is 66.5 Å². The second kappa shape index (κ2) is 3.72. The number of nitrogens with two attached hydrogens (primary N) is 1. The Bertz CT molecular complexity index is 302. The molecule has 0 aliphatic heterocycles.